The molecule has 1 aromatic heterocycles. The normalized spacial score (nSPS) is 12.0. The highest BCUT2D eigenvalue weighted by Gasteiger charge is 2.19. The molecule has 0 radical (unpaired) electrons. The van der Waals surface area contributed by atoms with Crippen LogP contribution in [-0.2, 0) is 23.3 Å². The Labute approximate surface area is 135 Å². The minimum absolute atomic E-state index is 0.147. The molecule has 6 nitrogen and oxygen atoms in total. The molecule has 0 amide bonds. The van der Waals surface area contributed by atoms with Crippen LogP contribution in [0.1, 0.15) is 22.6 Å². The number of aryl methyl sites for hydroxylation is 2. The van der Waals surface area contributed by atoms with E-state index in [1.54, 1.807) is 38.1 Å². The molecule has 0 fully saturated rings. The summed E-state index contributed by atoms with van der Waals surface area (Å²) in [5.74, 6) is 0.612. The average molecular weight is 344 g/mol. The van der Waals surface area contributed by atoms with E-state index in [4.69, 9.17) is 16.1 Å². The van der Waals surface area contributed by atoms with Gasteiger partial charge in [-0.2, -0.15) is 17.4 Å². The van der Waals surface area contributed by atoms with Crippen LogP contribution in [0.2, 0.25) is 5.02 Å². The predicted molar refractivity (Wildman–Crippen MR) is 84.7 cm³/mol. The van der Waals surface area contributed by atoms with Gasteiger partial charge in [-0.3, -0.25) is 0 Å². The zero-order valence-electron chi connectivity index (χ0n) is 12.6. The molecule has 0 aliphatic carbocycles. The molecule has 1 N–H and O–H groups in total. The van der Waals surface area contributed by atoms with Crippen LogP contribution in [0, 0.1) is 13.8 Å². The summed E-state index contributed by atoms with van der Waals surface area (Å²) in [5, 5.41) is 4.42. The fourth-order valence-corrected chi connectivity index (χ4v) is 2.95. The minimum atomic E-state index is -3.60. The third kappa shape index (κ3) is 4.07. The van der Waals surface area contributed by atoms with Gasteiger partial charge in [-0.1, -0.05) is 28.9 Å². The van der Waals surface area contributed by atoms with Crippen molar-refractivity contribution in [2.24, 2.45) is 0 Å². The molecule has 8 heteroatoms. The van der Waals surface area contributed by atoms with Crippen molar-refractivity contribution >= 4 is 21.8 Å². The molecule has 0 atom stereocenters. The van der Waals surface area contributed by atoms with Gasteiger partial charge in [-0.25, -0.2) is 0 Å². The Balaban J connectivity index is 2.01. The van der Waals surface area contributed by atoms with Gasteiger partial charge in [0.2, 0.25) is 0 Å². The zero-order chi connectivity index (χ0) is 16.3. The lowest BCUT2D eigenvalue weighted by atomic mass is 10.2. The van der Waals surface area contributed by atoms with Crippen molar-refractivity contribution in [1.29, 1.82) is 0 Å². The summed E-state index contributed by atoms with van der Waals surface area (Å²) in [4.78, 5) is 0. The van der Waals surface area contributed by atoms with E-state index in [0.717, 1.165) is 11.1 Å². The van der Waals surface area contributed by atoms with Crippen LogP contribution in [-0.4, -0.2) is 24.9 Å². The van der Waals surface area contributed by atoms with Crippen LogP contribution in [0.15, 0.2) is 28.8 Å². The number of aromatic nitrogens is 1. The van der Waals surface area contributed by atoms with Crippen molar-refractivity contribution in [2.75, 3.05) is 7.05 Å². The lowest BCUT2D eigenvalue weighted by Gasteiger charge is -2.17. The van der Waals surface area contributed by atoms with Crippen molar-refractivity contribution in [3.05, 3.63) is 51.9 Å². The predicted octanol–water partition coefficient (Wildman–Crippen LogP) is 2.41. The van der Waals surface area contributed by atoms with Crippen LogP contribution >= 0.6 is 11.6 Å². The summed E-state index contributed by atoms with van der Waals surface area (Å²) >= 11 is 5.82. The minimum Gasteiger partial charge on any atom is -0.361 e. The summed E-state index contributed by atoms with van der Waals surface area (Å²) in [6.45, 7) is 3.93. The van der Waals surface area contributed by atoms with Gasteiger partial charge in [0, 0.05) is 30.7 Å². The number of nitrogens with one attached hydrogen (secondary N) is 1. The van der Waals surface area contributed by atoms with E-state index in [-0.39, 0.29) is 13.1 Å². The topological polar surface area (TPSA) is 75.4 Å². The number of benzene rings is 1. The van der Waals surface area contributed by atoms with Crippen molar-refractivity contribution in [1.82, 2.24) is 14.2 Å². The van der Waals surface area contributed by atoms with E-state index in [2.05, 4.69) is 9.88 Å². The second-order valence-corrected chi connectivity index (χ2v) is 7.31. The number of halogens is 1. The first kappa shape index (κ1) is 17.0. The third-order valence-corrected chi connectivity index (χ3v) is 5.05. The Morgan fingerprint density at radius 2 is 1.91 bits per heavy atom. The largest absolute Gasteiger partial charge is 0.361 e. The fraction of sp³-hybridized carbons (Fsp3) is 0.357. The van der Waals surface area contributed by atoms with Crippen LogP contribution in [0.3, 0.4) is 0 Å². The van der Waals surface area contributed by atoms with Crippen molar-refractivity contribution in [3.63, 3.8) is 0 Å². The van der Waals surface area contributed by atoms with Crippen LogP contribution in [0.5, 0.6) is 0 Å². The van der Waals surface area contributed by atoms with Crippen LogP contribution < -0.4 is 4.72 Å². The van der Waals surface area contributed by atoms with Crippen molar-refractivity contribution in [2.45, 2.75) is 26.9 Å². The van der Waals surface area contributed by atoms with E-state index >= 15 is 0 Å². The monoisotopic (exact) mass is 343 g/mol. The molecule has 120 valence electrons. The maximum atomic E-state index is 12.3. The molecule has 1 aromatic carbocycles. The van der Waals surface area contributed by atoms with Crippen LogP contribution in [0.25, 0.3) is 0 Å². The maximum Gasteiger partial charge on any atom is 0.279 e. The Morgan fingerprint density at radius 1 is 1.27 bits per heavy atom. The zero-order valence-corrected chi connectivity index (χ0v) is 14.2. The molecular weight excluding hydrogens is 326 g/mol. The summed E-state index contributed by atoms with van der Waals surface area (Å²) in [7, 11) is -2.08. The van der Waals surface area contributed by atoms with Gasteiger partial charge in [0.15, 0.2) is 0 Å². The molecule has 0 saturated heterocycles. The Hall–Kier alpha value is -1.41. The molecule has 22 heavy (non-hydrogen) atoms. The lowest BCUT2D eigenvalue weighted by Crippen LogP contribution is -2.37. The van der Waals surface area contributed by atoms with Crippen molar-refractivity contribution in [3.8, 4) is 0 Å². The van der Waals surface area contributed by atoms with E-state index < -0.39 is 10.2 Å². The van der Waals surface area contributed by atoms with E-state index in [1.165, 1.54) is 11.4 Å². The molecule has 0 aliphatic rings. The second-order valence-electron chi connectivity index (χ2n) is 5.01. The average Bonchev–Trinajstić information content (AvgIpc) is 2.78. The number of hydrogen-bond donors (Lipinski definition) is 1. The molecule has 2 rings (SSSR count). The quantitative estimate of drug-likeness (QED) is 0.874. The van der Waals surface area contributed by atoms with Gasteiger partial charge >= 0.3 is 0 Å². The summed E-state index contributed by atoms with van der Waals surface area (Å²) in [6, 6.07) is 7.05. The molecule has 0 unspecified atom stereocenters. The second kappa shape index (κ2) is 6.78. The third-order valence-electron chi connectivity index (χ3n) is 3.34. The molecule has 2 aromatic rings. The molecule has 1 heterocycles. The summed E-state index contributed by atoms with van der Waals surface area (Å²) in [6.07, 6.45) is 0. The van der Waals surface area contributed by atoms with E-state index in [9.17, 15) is 8.42 Å². The molecule has 0 saturated carbocycles. The van der Waals surface area contributed by atoms with Gasteiger partial charge in [0.1, 0.15) is 5.76 Å². The van der Waals surface area contributed by atoms with Gasteiger partial charge in [0.25, 0.3) is 10.2 Å². The van der Waals surface area contributed by atoms with E-state index in [1.807, 2.05) is 0 Å². The van der Waals surface area contributed by atoms with Gasteiger partial charge in [-0.15, -0.1) is 0 Å². The number of nitrogens with zero attached hydrogens (tertiary/aromatic N) is 2. The lowest BCUT2D eigenvalue weighted by molar-refractivity contribution is 0.392. The maximum absolute atomic E-state index is 12.3. The highest BCUT2D eigenvalue weighted by Crippen LogP contribution is 2.14. The number of rotatable bonds is 6. The Bertz CT molecular complexity index is 722. The van der Waals surface area contributed by atoms with E-state index in [0.29, 0.717) is 16.5 Å². The van der Waals surface area contributed by atoms with Gasteiger partial charge in [-0.05, 0) is 31.5 Å². The highest BCUT2D eigenvalue weighted by molar-refractivity contribution is 7.87. The summed E-state index contributed by atoms with van der Waals surface area (Å²) < 4.78 is 33.3. The van der Waals surface area contributed by atoms with Crippen LogP contribution in [0.4, 0.5) is 0 Å². The number of hydrogen-bond acceptors (Lipinski definition) is 4. The first-order chi connectivity index (χ1) is 10.3. The van der Waals surface area contributed by atoms with Gasteiger partial charge < -0.3 is 4.52 Å². The Morgan fingerprint density at radius 3 is 2.45 bits per heavy atom. The fourth-order valence-electron chi connectivity index (χ4n) is 1.96. The first-order valence-corrected chi connectivity index (χ1v) is 8.48. The Kier molecular flexibility index (Phi) is 5.23. The molecule has 0 bridgehead atoms. The standard InChI is InChI=1S/C14H18ClN3O3S/c1-10-14(11(2)21-17-10)8-16-22(19,20)18(3)9-12-4-6-13(15)7-5-12/h4-7,16H,8-9H2,1-3H3. The smallest absolute Gasteiger partial charge is 0.279 e. The molecular formula is C14H18ClN3O3S. The highest BCUT2D eigenvalue weighted by atomic mass is 35.5. The summed E-state index contributed by atoms with van der Waals surface area (Å²) in [5.41, 5.74) is 2.29. The van der Waals surface area contributed by atoms with Gasteiger partial charge in [0.05, 0.1) is 5.69 Å². The van der Waals surface area contributed by atoms with Crippen molar-refractivity contribution < 1.29 is 12.9 Å². The molecule has 0 spiro atoms. The SMILES string of the molecule is Cc1noc(C)c1CNS(=O)(=O)N(C)Cc1ccc(Cl)cc1. The molecule has 0 aliphatic heterocycles. The first-order valence-electron chi connectivity index (χ1n) is 6.66.